The first kappa shape index (κ1) is 21.7. The molecule has 0 saturated heterocycles. The monoisotopic (exact) mass is 352 g/mol. The molecule has 1 rings (SSSR count). The van der Waals surface area contributed by atoms with E-state index in [-0.39, 0.29) is 23.9 Å². The predicted molar refractivity (Wildman–Crippen MR) is 87.6 cm³/mol. The number of nitrogens with two attached hydrogens (primary N) is 1. The molecule has 0 aliphatic heterocycles. The molecule has 1 aromatic carbocycles. The fourth-order valence-electron chi connectivity index (χ4n) is 2.32. The van der Waals surface area contributed by atoms with Crippen molar-refractivity contribution in [3.63, 3.8) is 0 Å². The van der Waals surface area contributed by atoms with Crippen LogP contribution in [0, 0.1) is 0 Å². The molecule has 1 amide bonds. The molecule has 3 atom stereocenters. The van der Waals surface area contributed by atoms with Gasteiger partial charge in [-0.15, -0.1) is 12.4 Å². The van der Waals surface area contributed by atoms with Crippen LogP contribution >= 0.6 is 12.4 Å². The molecule has 0 radical (unpaired) electrons. The van der Waals surface area contributed by atoms with Crippen LogP contribution in [-0.4, -0.2) is 18.0 Å². The van der Waals surface area contributed by atoms with Gasteiger partial charge in [-0.1, -0.05) is 38.5 Å². The number of benzene rings is 1. The van der Waals surface area contributed by atoms with Gasteiger partial charge in [0.2, 0.25) is 5.91 Å². The van der Waals surface area contributed by atoms with Gasteiger partial charge in [-0.2, -0.15) is 13.2 Å². The average molecular weight is 353 g/mol. The second kappa shape index (κ2) is 9.13. The molecule has 1 aromatic rings. The number of halogens is 4. The lowest BCUT2D eigenvalue weighted by Crippen LogP contribution is -2.46. The Labute approximate surface area is 141 Å². The average Bonchev–Trinajstić information content (AvgIpc) is 2.45. The van der Waals surface area contributed by atoms with Crippen molar-refractivity contribution in [3.8, 4) is 0 Å². The summed E-state index contributed by atoms with van der Waals surface area (Å²) in [5, 5.41) is 2.71. The van der Waals surface area contributed by atoms with Gasteiger partial charge in [0.05, 0.1) is 11.6 Å². The molecule has 0 aliphatic rings. The van der Waals surface area contributed by atoms with Gasteiger partial charge in [-0.25, -0.2) is 0 Å². The Morgan fingerprint density at radius 2 is 1.83 bits per heavy atom. The highest BCUT2D eigenvalue weighted by Gasteiger charge is 2.35. The van der Waals surface area contributed by atoms with Gasteiger partial charge >= 0.3 is 6.18 Å². The number of carbonyl (C=O) groups is 1. The lowest BCUT2D eigenvalue weighted by atomic mass is 9.90. The highest BCUT2D eigenvalue weighted by molar-refractivity contribution is 5.85. The Morgan fingerprint density at radius 3 is 2.35 bits per heavy atom. The first-order valence-corrected chi connectivity index (χ1v) is 7.40. The lowest BCUT2D eigenvalue weighted by molar-refractivity contribution is -0.138. The van der Waals surface area contributed by atoms with Gasteiger partial charge in [-0.3, -0.25) is 4.79 Å². The van der Waals surface area contributed by atoms with E-state index in [4.69, 9.17) is 5.73 Å². The van der Waals surface area contributed by atoms with Crippen molar-refractivity contribution in [2.75, 3.05) is 0 Å². The molecule has 7 heteroatoms. The molecule has 3 N–H and O–H groups in total. The molecule has 0 aromatic heterocycles. The fourth-order valence-corrected chi connectivity index (χ4v) is 2.32. The minimum Gasteiger partial charge on any atom is -0.352 e. The second-order valence-electron chi connectivity index (χ2n) is 5.57. The summed E-state index contributed by atoms with van der Waals surface area (Å²) < 4.78 is 39.2. The largest absolute Gasteiger partial charge is 0.416 e. The van der Waals surface area contributed by atoms with E-state index in [2.05, 4.69) is 5.32 Å². The van der Waals surface area contributed by atoms with Crippen molar-refractivity contribution in [1.82, 2.24) is 5.32 Å². The molecule has 3 unspecified atom stereocenters. The highest BCUT2D eigenvalue weighted by Crippen LogP contribution is 2.35. The van der Waals surface area contributed by atoms with Crippen LogP contribution in [-0.2, 0) is 11.0 Å². The van der Waals surface area contributed by atoms with Crippen LogP contribution < -0.4 is 11.1 Å². The van der Waals surface area contributed by atoms with Gasteiger partial charge in [0.1, 0.15) is 0 Å². The molecule has 0 aliphatic carbocycles. The van der Waals surface area contributed by atoms with E-state index in [0.29, 0.717) is 6.42 Å². The van der Waals surface area contributed by atoms with Crippen LogP contribution in [0.1, 0.15) is 50.7 Å². The summed E-state index contributed by atoms with van der Waals surface area (Å²) in [6.45, 7) is 5.27. The Balaban J connectivity index is 0.00000484. The zero-order chi connectivity index (χ0) is 16.9. The van der Waals surface area contributed by atoms with E-state index in [1.54, 1.807) is 19.9 Å². The number of carbonyl (C=O) groups excluding carboxylic acids is 1. The highest BCUT2D eigenvalue weighted by atomic mass is 35.5. The molecule has 132 valence electrons. The third-order valence-corrected chi connectivity index (χ3v) is 3.81. The summed E-state index contributed by atoms with van der Waals surface area (Å²) in [6.07, 6.45) is -3.09. The van der Waals surface area contributed by atoms with Crippen molar-refractivity contribution >= 4 is 18.3 Å². The standard InChI is InChI=1S/C16H23F3N2O.ClH/c1-4-7-14(20)15(22)21-11(3)10(2)12-8-5-6-9-13(12)16(17,18)19;/h5-6,8-11,14H,4,7,20H2,1-3H3,(H,21,22);1H. The topological polar surface area (TPSA) is 55.1 Å². The molecule has 0 bridgehead atoms. The van der Waals surface area contributed by atoms with E-state index < -0.39 is 29.7 Å². The number of hydrogen-bond donors (Lipinski definition) is 2. The predicted octanol–water partition coefficient (Wildman–Crippen LogP) is 3.86. The Morgan fingerprint density at radius 1 is 1.26 bits per heavy atom. The summed E-state index contributed by atoms with van der Waals surface area (Å²) in [6, 6.07) is 4.36. The van der Waals surface area contributed by atoms with Crippen LogP contribution in [0.15, 0.2) is 24.3 Å². The SMILES string of the molecule is CCCC(N)C(=O)NC(C)C(C)c1ccccc1C(F)(F)F.Cl. The fraction of sp³-hybridized carbons (Fsp3) is 0.562. The van der Waals surface area contributed by atoms with E-state index in [0.717, 1.165) is 12.5 Å². The lowest BCUT2D eigenvalue weighted by Gasteiger charge is -2.25. The molecule has 3 nitrogen and oxygen atoms in total. The van der Waals surface area contributed by atoms with Crippen LogP contribution in [0.25, 0.3) is 0 Å². The smallest absolute Gasteiger partial charge is 0.352 e. The van der Waals surface area contributed by atoms with Crippen LogP contribution in [0.5, 0.6) is 0 Å². The van der Waals surface area contributed by atoms with Gasteiger partial charge in [-0.05, 0) is 25.0 Å². The first-order chi connectivity index (χ1) is 10.2. The molecular weight excluding hydrogens is 329 g/mol. The van der Waals surface area contributed by atoms with Crippen molar-refractivity contribution in [2.24, 2.45) is 5.73 Å². The molecule has 0 spiro atoms. The van der Waals surface area contributed by atoms with Gasteiger partial charge in [0.15, 0.2) is 0 Å². The van der Waals surface area contributed by atoms with E-state index in [1.165, 1.54) is 12.1 Å². The van der Waals surface area contributed by atoms with Gasteiger partial charge < -0.3 is 11.1 Å². The van der Waals surface area contributed by atoms with Crippen molar-refractivity contribution in [1.29, 1.82) is 0 Å². The molecule has 0 heterocycles. The van der Waals surface area contributed by atoms with Crippen LogP contribution in [0.3, 0.4) is 0 Å². The zero-order valence-electron chi connectivity index (χ0n) is 13.5. The number of rotatable bonds is 6. The van der Waals surface area contributed by atoms with Gasteiger partial charge in [0.25, 0.3) is 0 Å². The third-order valence-electron chi connectivity index (χ3n) is 3.81. The normalized spacial score (nSPS) is 15.3. The van der Waals surface area contributed by atoms with E-state index >= 15 is 0 Å². The summed E-state index contributed by atoms with van der Waals surface area (Å²) in [5.74, 6) is -0.804. The summed E-state index contributed by atoms with van der Waals surface area (Å²) in [7, 11) is 0. The quantitative estimate of drug-likeness (QED) is 0.816. The number of nitrogens with one attached hydrogen (secondary N) is 1. The maximum atomic E-state index is 13.1. The molecule has 0 fully saturated rings. The number of alkyl halides is 3. The number of hydrogen-bond acceptors (Lipinski definition) is 2. The maximum Gasteiger partial charge on any atom is 0.416 e. The van der Waals surface area contributed by atoms with Gasteiger partial charge in [0, 0.05) is 12.0 Å². The third kappa shape index (κ3) is 6.03. The minimum atomic E-state index is -4.41. The Bertz CT molecular complexity index is 508. The van der Waals surface area contributed by atoms with Crippen molar-refractivity contribution in [2.45, 2.75) is 57.8 Å². The second-order valence-corrected chi connectivity index (χ2v) is 5.57. The summed E-state index contributed by atoms with van der Waals surface area (Å²) in [4.78, 5) is 11.9. The number of amides is 1. The summed E-state index contributed by atoms with van der Waals surface area (Å²) in [5.41, 5.74) is 5.23. The van der Waals surface area contributed by atoms with Crippen molar-refractivity contribution < 1.29 is 18.0 Å². The van der Waals surface area contributed by atoms with E-state index in [1.807, 2.05) is 6.92 Å². The summed E-state index contributed by atoms with van der Waals surface area (Å²) >= 11 is 0. The van der Waals surface area contributed by atoms with E-state index in [9.17, 15) is 18.0 Å². The maximum absolute atomic E-state index is 13.1. The minimum absolute atomic E-state index is 0. The Hall–Kier alpha value is -1.27. The molecule has 0 saturated carbocycles. The van der Waals surface area contributed by atoms with Crippen LogP contribution in [0.2, 0.25) is 0 Å². The molecule has 23 heavy (non-hydrogen) atoms. The molecular formula is C16H24ClF3N2O. The van der Waals surface area contributed by atoms with Crippen LogP contribution in [0.4, 0.5) is 13.2 Å². The first-order valence-electron chi connectivity index (χ1n) is 7.40. The van der Waals surface area contributed by atoms with Crippen molar-refractivity contribution in [3.05, 3.63) is 35.4 Å². The zero-order valence-corrected chi connectivity index (χ0v) is 14.3. The Kier molecular flexibility index (Phi) is 8.63.